The van der Waals surface area contributed by atoms with Crippen molar-refractivity contribution in [3.63, 3.8) is 0 Å². The highest BCUT2D eigenvalue weighted by Crippen LogP contribution is 2.25. The van der Waals surface area contributed by atoms with Gasteiger partial charge in [0.1, 0.15) is 5.75 Å². The van der Waals surface area contributed by atoms with E-state index in [1.54, 1.807) is 18.1 Å². The van der Waals surface area contributed by atoms with Crippen LogP contribution >= 0.6 is 0 Å². The Balaban J connectivity index is 1.57. The molecule has 2 aromatic rings. The van der Waals surface area contributed by atoms with E-state index < -0.39 is 5.97 Å². The van der Waals surface area contributed by atoms with Crippen molar-refractivity contribution in [2.45, 2.75) is 19.8 Å². The number of carbonyl (C=O) groups excluding carboxylic acids is 2. The largest absolute Gasteiger partial charge is 0.496 e. The number of amides is 1. The van der Waals surface area contributed by atoms with Gasteiger partial charge in [-0.25, -0.2) is 9.79 Å². The minimum Gasteiger partial charge on any atom is -0.496 e. The first-order valence-electron chi connectivity index (χ1n) is 9.13. The van der Waals surface area contributed by atoms with E-state index in [0.29, 0.717) is 12.0 Å². The van der Waals surface area contributed by atoms with Crippen LogP contribution in [0.1, 0.15) is 29.5 Å². The molecule has 2 aliphatic heterocycles. The summed E-state index contributed by atoms with van der Waals surface area (Å²) in [5, 5.41) is 0. The smallest absolute Gasteiger partial charge is 0.363 e. The topological polar surface area (TPSA) is 68.2 Å². The molecule has 0 bridgehead atoms. The Morgan fingerprint density at radius 1 is 1.14 bits per heavy atom. The number of aliphatic imine (C=N–C) groups is 1. The average Bonchev–Trinajstić information content (AvgIpc) is 3.28. The predicted molar refractivity (Wildman–Crippen MR) is 106 cm³/mol. The molecule has 6 heteroatoms. The van der Waals surface area contributed by atoms with Crippen molar-refractivity contribution < 1.29 is 19.1 Å². The first kappa shape index (κ1) is 18.0. The van der Waals surface area contributed by atoms with E-state index in [1.165, 1.54) is 0 Å². The van der Waals surface area contributed by atoms with Crippen LogP contribution in [-0.2, 0) is 14.3 Å². The molecule has 1 amide bonds. The van der Waals surface area contributed by atoms with Gasteiger partial charge in [0, 0.05) is 24.2 Å². The van der Waals surface area contributed by atoms with Crippen LogP contribution in [0, 0.1) is 6.92 Å². The molecule has 0 unspecified atom stereocenters. The number of cyclic esters (lactones) is 1. The molecule has 0 N–H and O–H groups in total. The van der Waals surface area contributed by atoms with Gasteiger partial charge in [0.2, 0.25) is 11.8 Å². The summed E-state index contributed by atoms with van der Waals surface area (Å²) in [5.74, 6) is 0.706. The standard InChI is InChI=1S/C22H20N2O4/c1-14-12-15(5-10-19(14)27-2)13-18-22(26)28-21(23-18)16-6-8-17(9-7-16)24-11-3-4-20(24)25/h5-10,12-13H,3-4,11H2,1-2H3. The minimum atomic E-state index is -0.484. The SMILES string of the molecule is COc1ccc(C=C2N=C(c3ccc(N4CCCC4=O)cc3)OC2=O)cc1C. The molecule has 1 fully saturated rings. The molecule has 4 rings (SSSR count). The summed E-state index contributed by atoms with van der Waals surface area (Å²) in [6.07, 6.45) is 3.16. The summed E-state index contributed by atoms with van der Waals surface area (Å²) >= 11 is 0. The normalized spacial score (nSPS) is 17.9. The maximum atomic E-state index is 12.2. The van der Waals surface area contributed by atoms with Crippen LogP contribution in [0.4, 0.5) is 5.69 Å². The van der Waals surface area contributed by atoms with Crippen molar-refractivity contribution in [1.82, 2.24) is 0 Å². The molecule has 2 heterocycles. The zero-order valence-corrected chi connectivity index (χ0v) is 15.8. The maximum Gasteiger partial charge on any atom is 0.363 e. The Morgan fingerprint density at radius 2 is 1.93 bits per heavy atom. The third kappa shape index (κ3) is 3.41. The Morgan fingerprint density at radius 3 is 2.57 bits per heavy atom. The Kier molecular flexibility index (Phi) is 4.69. The number of anilines is 1. The fraction of sp³-hybridized carbons (Fsp3) is 0.227. The van der Waals surface area contributed by atoms with Crippen molar-refractivity contribution in [3.8, 4) is 5.75 Å². The van der Waals surface area contributed by atoms with E-state index in [4.69, 9.17) is 9.47 Å². The third-order valence-electron chi connectivity index (χ3n) is 4.84. The van der Waals surface area contributed by atoms with Crippen LogP contribution in [0.15, 0.2) is 53.2 Å². The highest BCUT2D eigenvalue weighted by atomic mass is 16.6. The zero-order chi connectivity index (χ0) is 19.7. The Hall–Kier alpha value is -3.41. The molecular formula is C22H20N2O4. The maximum absolute atomic E-state index is 12.2. The van der Waals surface area contributed by atoms with Crippen LogP contribution in [0.2, 0.25) is 0 Å². The van der Waals surface area contributed by atoms with Gasteiger partial charge in [0.25, 0.3) is 0 Å². The molecular weight excluding hydrogens is 356 g/mol. The molecule has 28 heavy (non-hydrogen) atoms. The van der Waals surface area contributed by atoms with E-state index in [2.05, 4.69) is 4.99 Å². The molecule has 2 aliphatic rings. The number of methoxy groups -OCH3 is 1. The van der Waals surface area contributed by atoms with Gasteiger partial charge in [0.15, 0.2) is 5.70 Å². The van der Waals surface area contributed by atoms with Crippen molar-refractivity contribution >= 4 is 29.5 Å². The molecule has 0 radical (unpaired) electrons. The number of nitrogens with zero attached hydrogens (tertiary/aromatic N) is 2. The quantitative estimate of drug-likeness (QED) is 0.605. The number of aryl methyl sites for hydroxylation is 1. The molecule has 0 saturated carbocycles. The fourth-order valence-electron chi connectivity index (χ4n) is 3.39. The number of rotatable bonds is 4. The summed E-state index contributed by atoms with van der Waals surface area (Å²) in [5.41, 5.74) is 3.61. The highest BCUT2D eigenvalue weighted by Gasteiger charge is 2.25. The van der Waals surface area contributed by atoms with E-state index in [0.717, 1.165) is 35.5 Å². The summed E-state index contributed by atoms with van der Waals surface area (Å²) in [6, 6.07) is 13.0. The van der Waals surface area contributed by atoms with E-state index >= 15 is 0 Å². The van der Waals surface area contributed by atoms with Crippen LogP contribution in [0.25, 0.3) is 6.08 Å². The van der Waals surface area contributed by atoms with Gasteiger partial charge in [-0.1, -0.05) is 6.07 Å². The highest BCUT2D eigenvalue weighted by molar-refractivity contribution is 6.13. The number of ether oxygens (including phenoxy) is 2. The van der Waals surface area contributed by atoms with Crippen molar-refractivity contribution in [1.29, 1.82) is 0 Å². The van der Waals surface area contributed by atoms with Gasteiger partial charge in [-0.3, -0.25) is 4.79 Å². The predicted octanol–water partition coefficient (Wildman–Crippen LogP) is 3.47. The summed E-state index contributed by atoms with van der Waals surface area (Å²) in [4.78, 5) is 30.2. The zero-order valence-electron chi connectivity index (χ0n) is 15.8. The average molecular weight is 376 g/mol. The monoisotopic (exact) mass is 376 g/mol. The minimum absolute atomic E-state index is 0.136. The van der Waals surface area contributed by atoms with Crippen molar-refractivity contribution in [2.75, 3.05) is 18.6 Å². The van der Waals surface area contributed by atoms with Gasteiger partial charge >= 0.3 is 5.97 Å². The lowest BCUT2D eigenvalue weighted by molar-refractivity contribution is -0.130. The number of esters is 1. The number of benzene rings is 2. The van der Waals surface area contributed by atoms with Gasteiger partial charge in [-0.05, 0) is 66.9 Å². The van der Waals surface area contributed by atoms with Gasteiger partial charge in [0.05, 0.1) is 7.11 Å². The molecule has 2 aromatic carbocycles. The molecule has 142 valence electrons. The second-order valence-corrected chi connectivity index (χ2v) is 6.76. The van der Waals surface area contributed by atoms with Crippen LogP contribution in [0.3, 0.4) is 0 Å². The molecule has 6 nitrogen and oxygen atoms in total. The first-order valence-corrected chi connectivity index (χ1v) is 9.13. The van der Waals surface area contributed by atoms with Crippen LogP contribution in [-0.4, -0.2) is 31.4 Å². The third-order valence-corrected chi connectivity index (χ3v) is 4.84. The summed E-state index contributed by atoms with van der Waals surface area (Å²) in [7, 11) is 1.62. The first-order chi connectivity index (χ1) is 13.5. The van der Waals surface area contributed by atoms with Gasteiger partial charge in [-0.15, -0.1) is 0 Å². The van der Waals surface area contributed by atoms with Gasteiger partial charge in [-0.2, -0.15) is 0 Å². The van der Waals surface area contributed by atoms with Crippen LogP contribution < -0.4 is 9.64 Å². The van der Waals surface area contributed by atoms with E-state index in [9.17, 15) is 9.59 Å². The van der Waals surface area contributed by atoms with E-state index in [-0.39, 0.29) is 17.5 Å². The second kappa shape index (κ2) is 7.31. The molecule has 1 saturated heterocycles. The number of hydrogen-bond donors (Lipinski definition) is 0. The molecule has 0 atom stereocenters. The fourth-order valence-corrected chi connectivity index (χ4v) is 3.39. The number of hydrogen-bond acceptors (Lipinski definition) is 5. The molecule has 0 aliphatic carbocycles. The Bertz CT molecular complexity index is 1010. The second-order valence-electron chi connectivity index (χ2n) is 6.76. The lowest BCUT2D eigenvalue weighted by Crippen LogP contribution is -2.23. The molecule has 0 spiro atoms. The summed E-state index contributed by atoms with van der Waals surface area (Å²) < 4.78 is 10.6. The van der Waals surface area contributed by atoms with E-state index in [1.807, 2.05) is 49.4 Å². The lowest BCUT2D eigenvalue weighted by atomic mass is 10.1. The summed E-state index contributed by atoms with van der Waals surface area (Å²) in [6.45, 7) is 2.68. The van der Waals surface area contributed by atoms with Crippen LogP contribution in [0.5, 0.6) is 5.75 Å². The van der Waals surface area contributed by atoms with Crippen molar-refractivity contribution in [3.05, 3.63) is 64.9 Å². The number of carbonyl (C=O) groups is 2. The molecule has 0 aromatic heterocycles. The van der Waals surface area contributed by atoms with Crippen molar-refractivity contribution in [2.24, 2.45) is 4.99 Å². The lowest BCUT2D eigenvalue weighted by Gasteiger charge is -2.15. The Labute approximate surface area is 163 Å². The van der Waals surface area contributed by atoms with Gasteiger partial charge < -0.3 is 14.4 Å².